The number of aromatic amines is 1. The zero-order chi connectivity index (χ0) is 23.3. The summed E-state index contributed by atoms with van der Waals surface area (Å²) >= 11 is 16.6. The van der Waals surface area contributed by atoms with Crippen molar-refractivity contribution in [3.8, 4) is 0 Å². The number of aromatic nitrogens is 4. The van der Waals surface area contributed by atoms with E-state index in [1.54, 1.807) is 6.26 Å². The van der Waals surface area contributed by atoms with Gasteiger partial charge in [0.25, 0.3) is 11.1 Å². The number of nitrogens with one attached hydrogen (secondary N) is 1. The lowest BCUT2D eigenvalue weighted by molar-refractivity contribution is -0.137. The second-order valence-electron chi connectivity index (χ2n) is 4.98. The molecule has 0 spiro atoms. The van der Waals surface area contributed by atoms with Crippen molar-refractivity contribution in [1.29, 1.82) is 0 Å². The maximum Gasteiger partial charge on any atom is 0.316 e. The lowest BCUT2D eigenvalue weighted by Gasteiger charge is -2.07. The molecule has 2 aromatic rings. The number of Topliss-reactive ketones (excluding diaryl/α,β-unsaturated/α-hetero) is 1. The Balaban J connectivity index is 0.000000459. The van der Waals surface area contributed by atoms with E-state index in [2.05, 4.69) is 35.6 Å². The quantitative estimate of drug-likeness (QED) is 0.193. The first-order valence-electron chi connectivity index (χ1n) is 7.82. The average molecular weight is 562 g/mol. The van der Waals surface area contributed by atoms with Crippen LogP contribution in [-0.2, 0) is 20.9 Å². The summed E-state index contributed by atoms with van der Waals surface area (Å²) in [5.41, 5.74) is -0.520. The first-order valence-corrected chi connectivity index (χ1v) is 12.1. The van der Waals surface area contributed by atoms with Crippen LogP contribution in [0.1, 0.15) is 6.92 Å². The molecule has 0 saturated carbocycles. The third kappa shape index (κ3) is 11.7. The summed E-state index contributed by atoms with van der Waals surface area (Å²) in [5, 5.41) is 1.66. The fraction of sp³-hybridized carbons (Fsp3) is 0.375. The van der Waals surface area contributed by atoms with Crippen LogP contribution in [0.4, 0.5) is 0 Å². The average Bonchev–Trinajstić information content (AvgIpc) is 2.69. The number of nitrogens with zero attached hydrogens (tertiary/aromatic N) is 3. The highest BCUT2D eigenvalue weighted by Crippen LogP contribution is 2.12. The Kier molecular flexibility index (Phi) is 14.8. The van der Waals surface area contributed by atoms with Gasteiger partial charge in [-0.1, -0.05) is 62.7 Å². The van der Waals surface area contributed by atoms with E-state index in [1.807, 2.05) is 6.26 Å². The van der Waals surface area contributed by atoms with Gasteiger partial charge < -0.3 is 9.72 Å². The van der Waals surface area contributed by atoms with E-state index >= 15 is 0 Å². The molecule has 0 unspecified atom stereocenters. The van der Waals surface area contributed by atoms with Crippen molar-refractivity contribution in [2.24, 2.45) is 0 Å². The van der Waals surface area contributed by atoms with Gasteiger partial charge in [-0.25, -0.2) is 9.97 Å². The molecule has 0 aliphatic carbocycles. The Hall–Kier alpha value is -1.34. The molecule has 2 heterocycles. The van der Waals surface area contributed by atoms with Crippen molar-refractivity contribution >= 4 is 74.4 Å². The molecule has 0 aromatic carbocycles. The van der Waals surface area contributed by atoms with Crippen molar-refractivity contribution < 1.29 is 14.3 Å². The van der Waals surface area contributed by atoms with Gasteiger partial charge in [-0.05, 0) is 19.4 Å². The lowest BCUT2D eigenvalue weighted by atomic mass is 10.4. The van der Waals surface area contributed by atoms with Gasteiger partial charge >= 0.3 is 5.97 Å². The highest BCUT2D eigenvalue weighted by Gasteiger charge is 2.08. The fourth-order valence-corrected chi connectivity index (χ4v) is 3.18. The van der Waals surface area contributed by atoms with Crippen LogP contribution in [-0.4, -0.2) is 56.2 Å². The Bertz CT molecular complexity index is 965. The summed E-state index contributed by atoms with van der Waals surface area (Å²) in [6.45, 7) is 1.46. The Morgan fingerprint density at radius 2 is 1.77 bits per heavy atom. The van der Waals surface area contributed by atoms with E-state index in [0.717, 1.165) is 0 Å². The summed E-state index contributed by atoms with van der Waals surface area (Å²) < 4.78 is 5.52. The van der Waals surface area contributed by atoms with Crippen LogP contribution in [0.25, 0.3) is 0 Å². The van der Waals surface area contributed by atoms with Gasteiger partial charge in [0.15, 0.2) is 10.3 Å². The number of hydrogen-bond donors (Lipinski definition) is 1. The molecule has 30 heavy (non-hydrogen) atoms. The third-order valence-electron chi connectivity index (χ3n) is 2.72. The molecule has 0 saturated heterocycles. The number of halogens is 3. The molecule has 166 valence electrons. The number of carbonyl (C=O) groups is 2. The van der Waals surface area contributed by atoms with E-state index < -0.39 is 0 Å². The van der Waals surface area contributed by atoms with Crippen LogP contribution in [0.15, 0.2) is 32.0 Å². The van der Waals surface area contributed by atoms with Crippen LogP contribution in [0.2, 0.25) is 10.3 Å². The summed E-state index contributed by atoms with van der Waals surface area (Å²) in [6.07, 6.45) is 3.59. The molecule has 2 rings (SSSR count). The van der Waals surface area contributed by atoms with Gasteiger partial charge in [0.1, 0.15) is 21.4 Å². The molecule has 0 fully saturated rings. The largest absolute Gasteiger partial charge is 0.468 e. The van der Waals surface area contributed by atoms with E-state index in [0.29, 0.717) is 10.3 Å². The van der Waals surface area contributed by atoms with Crippen LogP contribution in [0, 0.1) is 0 Å². The summed E-state index contributed by atoms with van der Waals surface area (Å²) in [7, 11) is 1.35. The van der Waals surface area contributed by atoms with Gasteiger partial charge in [-0.15, -0.1) is 0 Å². The topological polar surface area (TPSA) is 124 Å². The van der Waals surface area contributed by atoms with Gasteiger partial charge in [-0.3, -0.25) is 23.7 Å². The first-order chi connectivity index (χ1) is 14.1. The van der Waals surface area contributed by atoms with Crippen molar-refractivity contribution in [3.05, 3.63) is 43.1 Å². The molecule has 0 bridgehead atoms. The van der Waals surface area contributed by atoms with Gasteiger partial charge in [-0.2, -0.15) is 0 Å². The highest BCUT2D eigenvalue weighted by molar-refractivity contribution is 9.09. The number of alkyl halides is 1. The number of thioether (sulfide) groups is 2. The molecule has 0 atom stereocenters. The lowest BCUT2D eigenvalue weighted by Crippen LogP contribution is -2.25. The highest BCUT2D eigenvalue weighted by atomic mass is 79.9. The van der Waals surface area contributed by atoms with E-state index in [1.165, 1.54) is 54.3 Å². The van der Waals surface area contributed by atoms with Crippen molar-refractivity contribution in [3.63, 3.8) is 0 Å². The predicted octanol–water partition coefficient (Wildman–Crippen LogP) is 2.91. The number of methoxy groups -OCH3 is 1. The summed E-state index contributed by atoms with van der Waals surface area (Å²) in [5.74, 6) is -0.332. The monoisotopic (exact) mass is 560 g/mol. The Morgan fingerprint density at radius 1 is 1.17 bits per heavy atom. The molecule has 1 N–H and O–H groups in total. The van der Waals surface area contributed by atoms with Crippen molar-refractivity contribution in [1.82, 2.24) is 19.5 Å². The smallest absolute Gasteiger partial charge is 0.316 e. The maximum atomic E-state index is 11.4. The second kappa shape index (κ2) is 15.5. The van der Waals surface area contributed by atoms with Crippen molar-refractivity contribution in [2.45, 2.75) is 23.8 Å². The molecule has 0 amide bonds. The molecule has 9 nitrogen and oxygen atoms in total. The van der Waals surface area contributed by atoms with E-state index in [9.17, 15) is 19.2 Å². The Morgan fingerprint density at radius 3 is 2.17 bits per heavy atom. The van der Waals surface area contributed by atoms with E-state index in [-0.39, 0.29) is 45.1 Å². The minimum atomic E-state index is -0.301. The molecular formula is C16H19BrCl2N4O5S2. The molecule has 0 aliphatic rings. The van der Waals surface area contributed by atoms with Crippen molar-refractivity contribution in [2.75, 3.05) is 25.0 Å². The number of esters is 1. The fourth-order valence-electron chi connectivity index (χ4n) is 1.54. The molecular weight excluding hydrogens is 543 g/mol. The molecule has 14 heteroatoms. The van der Waals surface area contributed by atoms with Gasteiger partial charge in [0, 0.05) is 12.1 Å². The minimum Gasteiger partial charge on any atom is -0.468 e. The number of carbonyl (C=O) groups excluding carboxylic acids is 2. The molecule has 0 radical (unpaired) electrons. The second-order valence-corrected chi connectivity index (χ2v) is 7.88. The van der Waals surface area contributed by atoms with E-state index in [4.69, 9.17) is 23.2 Å². The Labute approximate surface area is 199 Å². The summed E-state index contributed by atoms with van der Waals surface area (Å²) in [6, 6.07) is 2.44. The molecule has 2 aromatic heterocycles. The number of H-pyrrole nitrogens is 1. The van der Waals surface area contributed by atoms with Crippen LogP contribution in [0.3, 0.4) is 0 Å². The minimum absolute atomic E-state index is 0.0408. The van der Waals surface area contributed by atoms with Gasteiger partial charge in [0.2, 0.25) is 0 Å². The third-order valence-corrected chi connectivity index (χ3v) is 4.83. The van der Waals surface area contributed by atoms with Crippen LogP contribution >= 0.6 is 62.7 Å². The number of ether oxygens (including phenoxy) is 1. The van der Waals surface area contributed by atoms with Gasteiger partial charge in [0.05, 0.1) is 13.7 Å². The van der Waals surface area contributed by atoms with Crippen LogP contribution in [0.5, 0.6) is 0 Å². The maximum absolute atomic E-state index is 11.4. The van der Waals surface area contributed by atoms with Crippen LogP contribution < -0.4 is 11.1 Å². The first kappa shape index (κ1) is 28.7. The SMILES string of the molecule is COC(=O)CBr.CSc1nc(Cl)cc(=O)[nH]1.CSc1nc(Cl)cc(=O)n1CC(C)=O. The zero-order valence-corrected chi connectivity index (χ0v) is 21.1. The normalized spacial score (nSPS) is 9.57. The standard InChI is InChI=1S/C8H9ClN2O2S.C5H5ClN2OS.C3H5BrO2/c1-5(12)4-11-7(13)3-6(9)10-8(11)14-2;1-10-5-7-3(6)2-4(9)8-5;1-6-3(5)2-4/h3H,4H2,1-2H3;2H,1H3,(H,7,8,9);2H2,1H3. The zero-order valence-electron chi connectivity index (χ0n) is 16.4. The number of rotatable bonds is 5. The predicted molar refractivity (Wildman–Crippen MR) is 123 cm³/mol. The number of ketones is 1. The molecule has 0 aliphatic heterocycles. The number of hydrogen-bond acceptors (Lipinski definition) is 9. The summed E-state index contributed by atoms with van der Waals surface area (Å²) in [4.78, 5) is 53.2.